The molecule has 2 amide bonds. The maximum Gasteiger partial charge on any atom is 0.277 e. The van der Waals surface area contributed by atoms with Crippen LogP contribution in [0.25, 0.3) is 0 Å². The van der Waals surface area contributed by atoms with Crippen LogP contribution in [-0.4, -0.2) is 44.0 Å². The van der Waals surface area contributed by atoms with Crippen LogP contribution in [0.15, 0.2) is 69.9 Å². The van der Waals surface area contributed by atoms with Crippen LogP contribution >= 0.6 is 0 Å². The highest BCUT2D eigenvalue weighted by Crippen LogP contribution is 2.16. The van der Waals surface area contributed by atoms with Gasteiger partial charge in [-0.3, -0.25) is 9.59 Å². The molecule has 1 aromatic carbocycles. The number of hydrogen-bond donors (Lipinski definition) is 2. The first-order valence-corrected chi connectivity index (χ1v) is 9.59. The summed E-state index contributed by atoms with van der Waals surface area (Å²) in [6.45, 7) is 1.21. The van der Waals surface area contributed by atoms with Gasteiger partial charge in [0.2, 0.25) is 5.91 Å². The van der Waals surface area contributed by atoms with E-state index < -0.39 is 0 Å². The summed E-state index contributed by atoms with van der Waals surface area (Å²) < 4.78 is 16.0. The van der Waals surface area contributed by atoms with Gasteiger partial charge in [0.15, 0.2) is 18.1 Å². The summed E-state index contributed by atoms with van der Waals surface area (Å²) in [5.41, 5.74) is 0.614. The minimum atomic E-state index is -0.280. The van der Waals surface area contributed by atoms with Crippen LogP contribution in [0.1, 0.15) is 11.5 Å². The smallest absolute Gasteiger partial charge is 0.277 e. The quantitative estimate of drug-likeness (QED) is 0.528. The number of carbonyl (C=O) groups is 2. The van der Waals surface area contributed by atoms with Gasteiger partial charge in [0.1, 0.15) is 18.8 Å². The van der Waals surface area contributed by atoms with Crippen molar-refractivity contribution >= 4 is 17.5 Å². The maximum absolute atomic E-state index is 12.7. The molecule has 0 spiro atoms. The number of hydrogen-bond acceptors (Lipinski definition) is 5. The van der Waals surface area contributed by atoms with E-state index in [0.29, 0.717) is 24.5 Å². The first-order chi connectivity index (χ1) is 14.5. The van der Waals surface area contributed by atoms with Crippen LogP contribution in [0.2, 0.25) is 0 Å². The summed E-state index contributed by atoms with van der Waals surface area (Å²) in [6, 6.07) is 14.4. The third-order valence-electron chi connectivity index (χ3n) is 4.57. The van der Waals surface area contributed by atoms with Gasteiger partial charge in [-0.05, 0) is 36.4 Å². The number of anilines is 1. The Morgan fingerprint density at radius 3 is 2.27 bits per heavy atom. The lowest BCUT2D eigenvalue weighted by Gasteiger charge is -2.21. The molecule has 8 heteroatoms. The van der Waals surface area contributed by atoms with Gasteiger partial charge in [-0.15, -0.1) is 0 Å². The highest BCUT2D eigenvalue weighted by atomic mass is 16.5. The Morgan fingerprint density at radius 2 is 1.70 bits per heavy atom. The fraction of sp³-hybridized carbons (Fsp3) is 0.273. The zero-order valence-corrected chi connectivity index (χ0v) is 17.1. The molecule has 0 fully saturated rings. The van der Waals surface area contributed by atoms with E-state index in [0.717, 1.165) is 16.4 Å². The fourth-order valence-corrected chi connectivity index (χ4v) is 3.06. The first-order valence-electron chi connectivity index (χ1n) is 9.59. The van der Waals surface area contributed by atoms with Crippen molar-refractivity contribution in [2.45, 2.75) is 13.1 Å². The Balaban J connectivity index is 1.56. The van der Waals surface area contributed by atoms with Gasteiger partial charge in [0.25, 0.3) is 5.91 Å². The van der Waals surface area contributed by atoms with Crippen LogP contribution in [0.3, 0.4) is 0 Å². The SMILES string of the molecule is COc1cccc(NC(=O)CN(C)C(=O)C[NH+](Cc2ccco2)Cc2ccco2)c1. The third kappa shape index (κ3) is 6.25. The lowest BCUT2D eigenvalue weighted by Crippen LogP contribution is -3.10. The molecule has 30 heavy (non-hydrogen) atoms. The van der Waals surface area contributed by atoms with E-state index >= 15 is 0 Å². The lowest BCUT2D eigenvalue weighted by atomic mass is 10.3. The van der Waals surface area contributed by atoms with E-state index in [-0.39, 0.29) is 24.9 Å². The Kier molecular flexibility index (Phi) is 7.29. The monoisotopic (exact) mass is 412 g/mol. The number of carbonyl (C=O) groups excluding carboxylic acids is 2. The molecule has 158 valence electrons. The number of likely N-dealkylation sites (N-methyl/N-ethyl adjacent to an activating group) is 1. The van der Waals surface area contributed by atoms with Crippen molar-refractivity contribution < 1.29 is 28.1 Å². The zero-order valence-electron chi connectivity index (χ0n) is 17.1. The normalized spacial score (nSPS) is 10.8. The first kappa shape index (κ1) is 21.2. The summed E-state index contributed by atoms with van der Waals surface area (Å²) in [5, 5.41) is 2.78. The number of amides is 2. The van der Waals surface area contributed by atoms with E-state index in [1.165, 1.54) is 4.90 Å². The average molecular weight is 412 g/mol. The molecule has 0 aliphatic rings. The van der Waals surface area contributed by atoms with Gasteiger partial charge in [0.05, 0.1) is 26.2 Å². The standard InChI is InChI=1S/C22H25N3O5/c1-24(15-21(26)23-17-6-3-7-18(12-17)28-2)22(27)16-25(13-19-8-4-10-29-19)14-20-9-5-11-30-20/h3-12H,13-16H2,1-2H3,(H,23,26)/p+1. The molecular weight excluding hydrogens is 386 g/mol. The summed E-state index contributed by atoms with van der Waals surface area (Å²) in [5.74, 6) is 1.78. The van der Waals surface area contributed by atoms with E-state index in [1.54, 1.807) is 50.9 Å². The number of quaternary nitrogens is 1. The number of furan rings is 2. The summed E-state index contributed by atoms with van der Waals surface area (Å²) in [4.78, 5) is 27.5. The Hall–Kier alpha value is -3.52. The number of ether oxygens (including phenoxy) is 1. The van der Waals surface area contributed by atoms with E-state index in [1.807, 2.05) is 24.3 Å². The van der Waals surface area contributed by atoms with Crippen molar-refractivity contribution in [2.24, 2.45) is 0 Å². The lowest BCUT2D eigenvalue weighted by molar-refractivity contribution is -0.921. The number of rotatable bonds is 10. The Labute approximate surface area is 175 Å². The zero-order chi connectivity index (χ0) is 21.3. The molecule has 0 saturated heterocycles. The van der Waals surface area contributed by atoms with Crippen molar-refractivity contribution in [1.29, 1.82) is 0 Å². The summed E-state index contributed by atoms with van der Waals surface area (Å²) >= 11 is 0. The number of methoxy groups -OCH3 is 1. The van der Waals surface area contributed by atoms with Crippen molar-refractivity contribution in [3.63, 3.8) is 0 Å². The van der Waals surface area contributed by atoms with E-state index in [9.17, 15) is 9.59 Å². The molecule has 2 aromatic heterocycles. The number of nitrogens with one attached hydrogen (secondary N) is 2. The molecule has 2 heterocycles. The largest absolute Gasteiger partial charge is 0.497 e. The molecule has 0 radical (unpaired) electrons. The number of nitrogens with zero attached hydrogens (tertiary/aromatic N) is 1. The van der Waals surface area contributed by atoms with E-state index in [4.69, 9.17) is 13.6 Å². The molecule has 0 aliphatic carbocycles. The molecule has 0 aliphatic heterocycles. The average Bonchev–Trinajstić information content (AvgIpc) is 3.42. The molecule has 3 rings (SSSR count). The van der Waals surface area contributed by atoms with Crippen molar-refractivity contribution in [3.05, 3.63) is 72.6 Å². The second-order valence-electron chi connectivity index (χ2n) is 6.97. The third-order valence-corrected chi connectivity index (χ3v) is 4.57. The van der Waals surface area contributed by atoms with Crippen LogP contribution in [0, 0.1) is 0 Å². The van der Waals surface area contributed by atoms with Crippen LogP contribution in [-0.2, 0) is 22.7 Å². The van der Waals surface area contributed by atoms with Gasteiger partial charge < -0.3 is 28.7 Å². The number of benzene rings is 1. The van der Waals surface area contributed by atoms with Gasteiger partial charge in [-0.1, -0.05) is 6.07 Å². The molecule has 8 nitrogen and oxygen atoms in total. The molecule has 3 aromatic rings. The highest BCUT2D eigenvalue weighted by Gasteiger charge is 2.22. The van der Waals surface area contributed by atoms with Gasteiger partial charge in [-0.25, -0.2) is 0 Å². The minimum Gasteiger partial charge on any atom is -0.497 e. The van der Waals surface area contributed by atoms with Crippen LogP contribution < -0.4 is 15.0 Å². The topological polar surface area (TPSA) is 89.4 Å². The second-order valence-corrected chi connectivity index (χ2v) is 6.97. The molecule has 0 bridgehead atoms. The van der Waals surface area contributed by atoms with Gasteiger partial charge in [-0.2, -0.15) is 0 Å². The van der Waals surface area contributed by atoms with Crippen molar-refractivity contribution in [1.82, 2.24) is 4.90 Å². The van der Waals surface area contributed by atoms with Crippen LogP contribution in [0.4, 0.5) is 5.69 Å². The van der Waals surface area contributed by atoms with Crippen molar-refractivity contribution in [2.75, 3.05) is 32.6 Å². The van der Waals surface area contributed by atoms with E-state index in [2.05, 4.69) is 5.32 Å². The predicted molar refractivity (Wildman–Crippen MR) is 110 cm³/mol. The molecule has 2 N–H and O–H groups in total. The van der Waals surface area contributed by atoms with Crippen molar-refractivity contribution in [3.8, 4) is 5.75 Å². The molecular formula is C22H26N3O5+. The predicted octanol–water partition coefficient (Wildman–Crippen LogP) is 1.56. The Bertz CT molecular complexity index is 901. The maximum atomic E-state index is 12.7. The highest BCUT2D eigenvalue weighted by molar-refractivity contribution is 5.94. The summed E-state index contributed by atoms with van der Waals surface area (Å²) in [6.07, 6.45) is 3.22. The van der Waals surface area contributed by atoms with Gasteiger partial charge in [0, 0.05) is 18.8 Å². The van der Waals surface area contributed by atoms with Crippen LogP contribution in [0.5, 0.6) is 5.75 Å². The minimum absolute atomic E-state index is 0.0508. The fourth-order valence-electron chi connectivity index (χ4n) is 3.06. The molecule has 0 saturated carbocycles. The second kappa shape index (κ2) is 10.3. The Morgan fingerprint density at radius 1 is 1.03 bits per heavy atom. The molecule has 0 unspecified atom stereocenters. The molecule has 0 atom stereocenters. The van der Waals surface area contributed by atoms with Gasteiger partial charge >= 0.3 is 0 Å². The summed E-state index contributed by atoms with van der Waals surface area (Å²) in [7, 11) is 3.18.